The second-order valence-electron chi connectivity index (χ2n) is 12.6. The average molecular weight is 573 g/mol. The number of carbonyl (C=O) groups excluding carboxylic acids is 1. The summed E-state index contributed by atoms with van der Waals surface area (Å²) in [5, 5.41) is 13.8. The summed E-state index contributed by atoms with van der Waals surface area (Å²) in [6, 6.07) is 18.7. The van der Waals surface area contributed by atoms with Crippen LogP contribution in [0.1, 0.15) is 60.5 Å². The lowest BCUT2D eigenvalue weighted by molar-refractivity contribution is 0.102. The van der Waals surface area contributed by atoms with Gasteiger partial charge >= 0.3 is 0 Å². The summed E-state index contributed by atoms with van der Waals surface area (Å²) >= 11 is 0. The zero-order valence-electron chi connectivity index (χ0n) is 24.8. The monoisotopic (exact) mass is 572 g/mol. The molecule has 5 aromatic rings. The van der Waals surface area contributed by atoms with E-state index in [1.54, 1.807) is 12.4 Å². The molecule has 1 unspecified atom stereocenters. The average Bonchev–Trinajstić information content (AvgIpc) is 3.76. The van der Waals surface area contributed by atoms with E-state index in [4.69, 9.17) is 4.98 Å². The van der Waals surface area contributed by atoms with Crippen molar-refractivity contribution >= 4 is 28.7 Å². The molecular weight excluding hydrogens is 536 g/mol. The van der Waals surface area contributed by atoms with Gasteiger partial charge in [0.1, 0.15) is 11.6 Å². The minimum absolute atomic E-state index is 0.0318. The van der Waals surface area contributed by atoms with Crippen LogP contribution < -0.4 is 21.3 Å². The molecule has 4 N–H and O–H groups in total. The van der Waals surface area contributed by atoms with Crippen molar-refractivity contribution in [2.45, 2.75) is 57.7 Å². The number of nitrogens with zero attached hydrogens (tertiary/aromatic N) is 4. The van der Waals surface area contributed by atoms with Crippen molar-refractivity contribution in [2.24, 2.45) is 0 Å². The molecule has 43 heavy (non-hydrogen) atoms. The second-order valence-corrected chi connectivity index (χ2v) is 12.6. The van der Waals surface area contributed by atoms with Crippen LogP contribution in [0.4, 0.5) is 17.2 Å². The summed E-state index contributed by atoms with van der Waals surface area (Å²) in [4.78, 5) is 27.2. The van der Waals surface area contributed by atoms with Gasteiger partial charge in [0.05, 0.1) is 11.7 Å². The maximum atomic E-state index is 13.2. The van der Waals surface area contributed by atoms with E-state index in [1.165, 1.54) is 5.56 Å². The normalized spacial score (nSPS) is 19.6. The van der Waals surface area contributed by atoms with Gasteiger partial charge in [0.2, 0.25) is 0 Å². The number of fused-ring (bicyclic) bond motifs is 3. The Morgan fingerprint density at radius 3 is 2.60 bits per heavy atom. The van der Waals surface area contributed by atoms with Crippen LogP contribution in [0.5, 0.6) is 0 Å². The quantitative estimate of drug-likeness (QED) is 0.205. The highest BCUT2D eigenvalue weighted by atomic mass is 16.1. The number of rotatable bonds is 6. The summed E-state index contributed by atoms with van der Waals surface area (Å²) in [6.07, 6.45) is 8.68. The van der Waals surface area contributed by atoms with Gasteiger partial charge in [0.25, 0.3) is 5.91 Å². The zero-order chi connectivity index (χ0) is 29.7. The van der Waals surface area contributed by atoms with E-state index in [0.717, 1.165) is 52.5 Å². The summed E-state index contributed by atoms with van der Waals surface area (Å²) in [7, 11) is 0. The Bertz CT molecular complexity index is 1820. The molecule has 218 valence electrons. The molecule has 1 amide bonds. The SMILES string of the molecule is Cc1c(NC(=O)c2ccc(C(C)(C)C)cc2)cccc1-c1cc(Nc2ccnc(C3N[C@@H]4CN[C@H]3C4)n2)c2nccn2c1. The third kappa shape index (κ3) is 5.26. The molecule has 2 aliphatic heterocycles. The molecule has 5 heterocycles. The van der Waals surface area contributed by atoms with Gasteiger partial charge < -0.3 is 25.7 Å². The number of amides is 1. The van der Waals surface area contributed by atoms with Crippen LogP contribution >= 0.6 is 0 Å². The first kappa shape index (κ1) is 27.2. The van der Waals surface area contributed by atoms with Gasteiger partial charge in [-0.2, -0.15) is 0 Å². The van der Waals surface area contributed by atoms with Crippen LogP contribution in [0.3, 0.4) is 0 Å². The van der Waals surface area contributed by atoms with Gasteiger partial charge in [-0.3, -0.25) is 4.79 Å². The maximum absolute atomic E-state index is 13.2. The van der Waals surface area contributed by atoms with Crippen molar-refractivity contribution in [1.82, 2.24) is 30.0 Å². The number of pyridine rings is 1. The fourth-order valence-corrected chi connectivity index (χ4v) is 6.18. The second kappa shape index (κ2) is 10.6. The van der Waals surface area contributed by atoms with Gasteiger partial charge in [-0.1, -0.05) is 45.0 Å². The predicted octanol–water partition coefficient (Wildman–Crippen LogP) is 5.77. The van der Waals surface area contributed by atoms with Crippen molar-refractivity contribution in [3.8, 4) is 11.1 Å². The lowest BCUT2D eigenvalue weighted by Crippen LogP contribution is -2.43. The van der Waals surface area contributed by atoms with Crippen LogP contribution in [0, 0.1) is 6.92 Å². The molecule has 2 aliphatic rings. The Morgan fingerprint density at radius 1 is 1.02 bits per heavy atom. The van der Waals surface area contributed by atoms with Crippen molar-refractivity contribution in [3.05, 3.63) is 102 Å². The Hall–Kier alpha value is -4.60. The number of aromatic nitrogens is 4. The minimum Gasteiger partial charge on any atom is -0.337 e. The molecule has 0 spiro atoms. The number of anilines is 3. The van der Waals surface area contributed by atoms with Crippen molar-refractivity contribution in [3.63, 3.8) is 0 Å². The first-order valence-electron chi connectivity index (χ1n) is 14.8. The fraction of sp³-hybridized carbons (Fsp3) is 0.294. The lowest BCUT2D eigenvalue weighted by atomic mass is 9.86. The van der Waals surface area contributed by atoms with Gasteiger partial charge in [0.15, 0.2) is 5.65 Å². The predicted molar refractivity (Wildman–Crippen MR) is 170 cm³/mol. The van der Waals surface area contributed by atoms with Crippen LogP contribution in [0.25, 0.3) is 16.8 Å². The number of imidazole rings is 1. The molecule has 9 heteroatoms. The number of benzene rings is 2. The lowest BCUT2D eigenvalue weighted by Gasteiger charge is -2.23. The highest BCUT2D eigenvalue weighted by Gasteiger charge is 2.41. The molecule has 9 nitrogen and oxygen atoms in total. The van der Waals surface area contributed by atoms with Crippen LogP contribution in [0.15, 0.2) is 79.4 Å². The van der Waals surface area contributed by atoms with Crippen LogP contribution in [-0.4, -0.2) is 43.9 Å². The van der Waals surface area contributed by atoms with Gasteiger partial charge in [-0.05, 0) is 65.8 Å². The van der Waals surface area contributed by atoms with E-state index in [1.807, 2.05) is 60.0 Å². The molecule has 2 aromatic carbocycles. The number of piperazine rings is 1. The molecule has 2 fully saturated rings. The van der Waals surface area contributed by atoms with Crippen LogP contribution in [-0.2, 0) is 5.41 Å². The Morgan fingerprint density at radius 2 is 1.86 bits per heavy atom. The standard InChI is InChI=1S/C34H36N8O/c1-20-25(6-5-7-26(20)40-33(43)21-8-10-23(11-9-21)34(2,3)4)22-16-28(32-36-14-15-42(32)19-22)39-29-12-13-35-31(41-29)30-27-17-24(38-30)18-37-27/h5-16,19,24,27,30,37-38H,17-18H2,1-4H3,(H,40,43)(H,35,39,41)/t24-,27-,30?/m0/s1. The van der Waals surface area contributed by atoms with Gasteiger partial charge in [-0.15, -0.1) is 0 Å². The highest BCUT2D eigenvalue weighted by molar-refractivity contribution is 6.05. The number of nitrogens with one attached hydrogen (secondary N) is 4. The highest BCUT2D eigenvalue weighted by Crippen LogP contribution is 2.34. The summed E-state index contributed by atoms with van der Waals surface area (Å²) in [6.45, 7) is 9.53. The van der Waals surface area contributed by atoms with E-state index >= 15 is 0 Å². The zero-order valence-corrected chi connectivity index (χ0v) is 24.8. The number of hydrogen-bond donors (Lipinski definition) is 4. The van der Waals surface area contributed by atoms with E-state index in [0.29, 0.717) is 23.5 Å². The van der Waals surface area contributed by atoms with E-state index in [-0.39, 0.29) is 17.4 Å². The minimum atomic E-state index is -0.132. The van der Waals surface area contributed by atoms with Crippen molar-refractivity contribution in [2.75, 3.05) is 17.2 Å². The molecule has 2 saturated heterocycles. The van der Waals surface area contributed by atoms with E-state index in [2.05, 4.69) is 70.3 Å². The summed E-state index contributed by atoms with van der Waals surface area (Å²) in [5.74, 6) is 1.37. The molecule has 2 bridgehead atoms. The Labute approximate surface area is 251 Å². The van der Waals surface area contributed by atoms with E-state index in [9.17, 15) is 4.79 Å². The van der Waals surface area contributed by atoms with Gasteiger partial charge in [0, 0.05) is 60.2 Å². The molecule has 3 aromatic heterocycles. The number of hydrogen-bond acceptors (Lipinski definition) is 7. The van der Waals surface area contributed by atoms with Gasteiger partial charge in [-0.25, -0.2) is 15.0 Å². The van der Waals surface area contributed by atoms with Crippen molar-refractivity contribution < 1.29 is 4.79 Å². The largest absolute Gasteiger partial charge is 0.337 e. The number of carbonyl (C=O) groups is 1. The molecule has 7 rings (SSSR count). The first-order chi connectivity index (χ1) is 20.7. The third-order valence-electron chi connectivity index (χ3n) is 8.59. The van der Waals surface area contributed by atoms with E-state index < -0.39 is 0 Å². The molecule has 0 aliphatic carbocycles. The molecule has 3 atom stereocenters. The topological polar surface area (TPSA) is 108 Å². The summed E-state index contributed by atoms with van der Waals surface area (Å²) < 4.78 is 2.00. The molecule has 0 saturated carbocycles. The summed E-state index contributed by atoms with van der Waals surface area (Å²) in [5.41, 5.74) is 7.24. The molecular formula is C34H36N8O. The fourth-order valence-electron chi connectivity index (χ4n) is 6.18. The molecule has 0 radical (unpaired) electrons. The van der Waals surface area contributed by atoms with Crippen LogP contribution in [0.2, 0.25) is 0 Å². The first-order valence-corrected chi connectivity index (χ1v) is 14.8. The third-order valence-corrected chi connectivity index (χ3v) is 8.59. The smallest absolute Gasteiger partial charge is 0.255 e. The maximum Gasteiger partial charge on any atom is 0.255 e. The van der Waals surface area contributed by atoms with Crippen molar-refractivity contribution in [1.29, 1.82) is 0 Å². The Balaban J connectivity index is 1.16. The Kier molecular flexibility index (Phi) is 6.71.